The Morgan fingerprint density at radius 2 is 1.46 bits per heavy atom. The molecule has 0 spiro atoms. The van der Waals surface area contributed by atoms with E-state index in [0.717, 1.165) is 33.9 Å². The number of nitrogens with zero attached hydrogens (tertiary/aromatic N) is 4. The molecular weight excluding hydrogens is 625 g/mol. The maximum absolute atomic E-state index is 14.8. The second-order valence-corrected chi connectivity index (χ2v) is 16.0. The number of aromatic nitrogens is 1. The summed E-state index contributed by atoms with van der Waals surface area (Å²) in [5.41, 5.74) is 5.52. The van der Waals surface area contributed by atoms with Crippen molar-refractivity contribution in [1.29, 1.82) is 0 Å². The van der Waals surface area contributed by atoms with Gasteiger partial charge in [-0.15, -0.1) is 0 Å². The molecule has 0 saturated carbocycles. The van der Waals surface area contributed by atoms with Gasteiger partial charge in [-0.25, -0.2) is 13.2 Å². The number of piperazine rings is 1. The lowest BCUT2D eigenvalue weighted by Gasteiger charge is -2.42. The number of sulfone groups is 1. The summed E-state index contributed by atoms with van der Waals surface area (Å²) in [7, 11) is -3.01. The van der Waals surface area contributed by atoms with Gasteiger partial charge in [-0.1, -0.05) is 66.7 Å². The molecule has 3 aromatic carbocycles. The maximum atomic E-state index is 14.8. The summed E-state index contributed by atoms with van der Waals surface area (Å²) < 4.78 is 32.0. The molecule has 0 N–H and O–H groups in total. The van der Waals surface area contributed by atoms with Crippen LogP contribution in [0, 0.1) is 6.92 Å². The van der Waals surface area contributed by atoms with Crippen molar-refractivity contribution in [3.05, 3.63) is 108 Å². The molecule has 2 aliphatic heterocycles. The van der Waals surface area contributed by atoms with E-state index < -0.39 is 15.4 Å². The maximum Gasteiger partial charge on any atom is 0.410 e. The Morgan fingerprint density at radius 1 is 0.812 bits per heavy atom. The van der Waals surface area contributed by atoms with Gasteiger partial charge < -0.3 is 24.0 Å². The molecular formula is C38H44N4O5S. The molecule has 1 atom stereocenters. The van der Waals surface area contributed by atoms with E-state index in [-0.39, 0.29) is 29.5 Å². The molecule has 252 valence electrons. The second kappa shape index (κ2) is 13.5. The van der Waals surface area contributed by atoms with Gasteiger partial charge in [0.25, 0.3) is 5.91 Å². The SMILES string of the molecule is Cc1cc(C(=O)N2CCN(C(=O)OC(C)(C)C)C[C@H]2Cc2ccccc2)c(-c2ccccc2)n1-c1cccc(N2CCS(=O)(=O)CC2)c1. The molecule has 0 unspecified atom stereocenters. The van der Waals surface area contributed by atoms with E-state index in [9.17, 15) is 18.0 Å². The van der Waals surface area contributed by atoms with E-state index in [4.69, 9.17) is 4.74 Å². The minimum Gasteiger partial charge on any atom is -0.444 e. The molecule has 0 aliphatic carbocycles. The Morgan fingerprint density at radius 3 is 2.12 bits per heavy atom. The molecule has 2 saturated heterocycles. The Hall–Kier alpha value is -4.57. The normalized spacial score (nSPS) is 18.1. The van der Waals surface area contributed by atoms with Crippen molar-refractivity contribution < 1.29 is 22.7 Å². The van der Waals surface area contributed by atoms with Crippen LogP contribution in [-0.4, -0.2) is 90.7 Å². The van der Waals surface area contributed by atoms with Crippen LogP contribution in [0.15, 0.2) is 91.0 Å². The van der Waals surface area contributed by atoms with Crippen LogP contribution in [0.2, 0.25) is 0 Å². The van der Waals surface area contributed by atoms with Crippen LogP contribution in [0.25, 0.3) is 16.9 Å². The first kappa shape index (κ1) is 33.3. The van der Waals surface area contributed by atoms with E-state index in [0.29, 0.717) is 44.7 Å². The third kappa shape index (κ3) is 7.44. The highest BCUT2D eigenvalue weighted by Gasteiger charge is 2.36. The Balaban J connectivity index is 1.37. The molecule has 0 bridgehead atoms. The van der Waals surface area contributed by atoms with E-state index >= 15 is 0 Å². The summed E-state index contributed by atoms with van der Waals surface area (Å²) in [6, 6.07) is 29.8. The molecule has 9 nitrogen and oxygen atoms in total. The monoisotopic (exact) mass is 668 g/mol. The summed E-state index contributed by atoms with van der Waals surface area (Å²) in [6.07, 6.45) is 0.227. The van der Waals surface area contributed by atoms with Crippen LogP contribution in [0.4, 0.5) is 10.5 Å². The summed E-state index contributed by atoms with van der Waals surface area (Å²) in [5.74, 6) is 0.191. The van der Waals surface area contributed by atoms with Gasteiger partial charge in [-0.2, -0.15) is 0 Å². The molecule has 2 amide bonds. The first-order chi connectivity index (χ1) is 22.9. The highest BCUT2D eigenvalue weighted by Crippen LogP contribution is 2.34. The minimum absolute atomic E-state index is 0.0853. The molecule has 2 fully saturated rings. The summed E-state index contributed by atoms with van der Waals surface area (Å²) in [4.78, 5) is 33.7. The average Bonchev–Trinajstić information content (AvgIpc) is 3.41. The predicted molar refractivity (Wildman–Crippen MR) is 190 cm³/mol. The van der Waals surface area contributed by atoms with Crippen molar-refractivity contribution in [1.82, 2.24) is 14.4 Å². The van der Waals surface area contributed by atoms with Gasteiger partial charge in [0, 0.05) is 49.8 Å². The number of hydrogen-bond acceptors (Lipinski definition) is 6. The summed E-state index contributed by atoms with van der Waals surface area (Å²) in [6.45, 7) is 9.59. The van der Waals surface area contributed by atoms with Crippen LogP contribution >= 0.6 is 0 Å². The van der Waals surface area contributed by atoms with Crippen molar-refractivity contribution in [2.24, 2.45) is 0 Å². The van der Waals surface area contributed by atoms with Crippen molar-refractivity contribution in [2.75, 3.05) is 49.1 Å². The number of aryl methyl sites for hydroxylation is 1. The predicted octanol–water partition coefficient (Wildman–Crippen LogP) is 5.99. The Bertz CT molecular complexity index is 1870. The van der Waals surface area contributed by atoms with Crippen molar-refractivity contribution in [3.8, 4) is 16.9 Å². The Labute approximate surface area is 283 Å². The van der Waals surface area contributed by atoms with Gasteiger partial charge in [-0.05, 0) is 69.5 Å². The van der Waals surface area contributed by atoms with Crippen molar-refractivity contribution >= 4 is 27.5 Å². The van der Waals surface area contributed by atoms with E-state index in [1.165, 1.54) is 0 Å². The minimum atomic E-state index is -3.01. The molecule has 48 heavy (non-hydrogen) atoms. The number of amides is 2. The highest BCUT2D eigenvalue weighted by molar-refractivity contribution is 7.91. The number of ether oxygens (including phenoxy) is 1. The van der Waals surface area contributed by atoms with Crippen molar-refractivity contribution in [2.45, 2.75) is 45.8 Å². The van der Waals surface area contributed by atoms with Gasteiger partial charge in [0.05, 0.1) is 28.8 Å². The zero-order chi connectivity index (χ0) is 34.1. The highest BCUT2D eigenvalue weighted by atomic mass is 32.2. The molecule has 6 rings (SSSR count). The quantitative estimate of drug-likeness (QED) is 0.251. The molecule has 0 radical (unpaired) electrons. The molecule has 2 aliphatic rings. The lowest BCUT2D eigenvalue weighted by Crippen LogP contribution is -2.57. The fourth-order valence-corrected chi connectivity index (χ4v) is 7.85. The molecule has 10 heteroatoms. The largest absolute Gasteiger partial charge is 0.444 e. The summed E-state index contributed by atoms with van der Waals surface area (Å²) in [5, 5.41) is 0. The third-order valence-electron chi connectivity index (χ3n) is 8.97. The first-order valence-electron chi connectivity index (χ1n) is 16.5. The number of carbonyl (C=O) groups excluding carboxylic acids is 2. The number of hydrogen-bond donors (Lipinski definition) is 0. The van der Waals surface area contributed by atoms with Crippen LogP contribution in [0.3, 0.4) is 0 Å². The van der Waals surface area contributed by atoms with E-state index in [1.807, 2.05) is 105 Å². The first-order valence-corrected chi connectivity index (χ1v) is 18.4. The topological polar surface area (TPSA) is 92.2 Å². The standard InChI is InChI=1S/C38H44N4O5S/c1-28-24-34(36(43)41-19-18-40(37(44)47-38(2,3)4)27-33(41)25-29-12-7-5-8-13-29)35(30-14-9-6-10-15-30)42(28)32-17-11-16-31(26-32)39-20-22-48(45,46)23-21-39/h5-17,24,26,33H,18-23,25,27H2,1-4H3/t33-/m1/s1. The van der Waals surface area contributed by atoms with Crippen LogP contribution in [0.1, 0.15) is 42.4 Å². The van der Waals surface area contributed by atoms with Gasteiger partial charge in [0.2, 0.25) is 0 Å². The molecule has 1 aromatic heterocycles. The van der Waals surface area contributed by atoms with Gasteiger partial charge in [0.1, 0.15) is 5.60 Å². The van der Waals surface area contributed by atoms with Gasteiger partial charge >= 0.3 is 6.09 Å². The molecule has 4 aromatic rings. The van der Waals surface area contributed by atoms with Crippen molar-refractivity contribution in [3.63, 3.8) is 0 Å². The smallest absolute Gasteiger partial charge is 0.410 e. The third-order valence-corrected chi connectivity index (χ3v) is 10.6. The lowest BCUT2D eigenvalue weighted by molar-refractivity contribution is 0.00440. The van der Waals surface area contributed by atoms with E-state index in [2.05, 4.69) is 27.7 Å². The Kier molecular flexibility index (Phi) is 9.38. The zero-order valence-electron chi connectivity index (χ0n) is 28.1. The van der Waals surface area contributed by atoms with Crippen LogP contribution in [-0.2, 0) is 21.0 Å². The second-order valence-electron chi connectivity index (χ2n) is 13.7. The molecule has 3 heterocycles. The fourth-order valence-electron chi connectivity index (χ4n) is 6.64. The van der Waals surface area contributed by atoms with Crippen LogP contribution < -0.4 is 4.90 Å². The van der Waals surface area contributed by atoms with Gasteiger partial charge in [0.15, 0.2) is 9.84 Å². The fraction of sp³-hybridized carbons (Fsp3) is 0.368. The summed E-state index contributed by atoms with van der Waals surface area (Å²) >= 11 is 0. The lowest BCUT2D eigenvalue weighted by atomic mass is 10.00. The average molecular weight is 669 g/mol. The number of anilines is 1. The zero-order valence-corrected chi connectivity index (χ0v) is 28.9. The van der Waals surface area contributed by atoms with E-state index in [1.54, 1.807) is 4.90 Å². The number of carbonyl (C=O) groups is 2. The number of rotatable bonds is 6. The van der Waals surface area contributed by atoms with Gasteiger partial charge in [-0.3, -0.25) is 4.79 Å². The van der Waals surface area contributed by atoms with Crippen LogP contribution in [0.5, 0.6) is 0 Å². The number of benzene rings is 3.